The van der Waals surface area contributed by atoms with Gasteiger partial charge in [0.05, 0.1) is 0 Å². The second-order valence-electron chi connectivity index (χ2n) is 2.31. The van der Waals surface area contributed by atoms with Crippen LogP contribution in [0.2, 0.25) is 0 Å². The molecule has 0 atom stereocenters. The van der Waals surface area contributed by atoms with E-state index in [1.54, 1.807) is 18.7 Å². The van der Waals surface area contributed by atoms with Gasteiger partial charge < -0.3 is 0 Å². The van der Waals surface area contributed by atoms with Gasteiger partial charge in [-0.15, -0.1) is 0 Å². The van der Waals surface area contributed by atoms with Crippen molar-refractivity contribution < 1.29 is 9.53 Å². The number of ether oxygens (including phenoxy) is 1. The Morgan fingerprint density at radius 2 is 2.38 bits per heavy atom. The SMILES string of the molecule is CCOC(=O)c1nc(SC)[se]c1C. The molecule has 1 aromatic rings. The van der Waals surface area contributed by atoms with E-state index in [9.17, 15) is 4.79 Å². The summed E-state index contributed by atoms with van der Waals surface area (Å²) in [6.45, 7) is 4.15. The van der Waals surface area contributed by atoms with Crippen molar-refractivity contribution in [3.63, 3.8) is 0 Å². The molecule has 0 saturated heterocycles. The standard InChI is InChI=1S/C8H11NO2SSe/c1-4-11-7(10)6-5(2)13-8(9-6)12-3/h4H2,1-3H3. The maximum absolute atomic E-state index is 11.3. The molecule has 0 radical (unpaired) electrons. The molecule has 0 spiro atoms. The van der Waals surface area contributed by atoms with Crippen LogP contribution < -0.4 is 0 Å². The number of hydrogen-bond acceptors (Lipinski definition) is 4. The molecular weight excluding hydrogens is 253 g/mol. The quantitative estimate of drug-likeness (QED) is 0.469. The summed E-state index contributed by atoms with van der Waals surface area (Å²) in [5.41, 5.74) is 0.520. The average molecular weight is 264 g/mol. The number of aryl methyl sites for hydroxylation is 1. The van der Waals surface area contributed by atoms with Crippen LogP contribution in [0.1, 0.15) is 21.8 Å². The first-order valence-electron chi connectivity index (χ1n) is 3.87. The summed E-state index contributed by atoms with van der Waals surface area (Å²) in [5.74, 6) is -0.286. The first kappa shape index (κ1) is 10.8. The number of rotatable bonds is 3. The van der Waals surface area contributed by atoms with E-state index in [0.717, 1.165) is 8.34 Å². The zero-order valence-electron chi connectivity index (χ0n) is 7.79. The van der Waals surface area contributed by atoms with E-state index in [1.807, 2.05) is 13.2 Å². The van der Waals surface area contributed by atoms with Crippen LogP contribution in [-0.4, -0.2) is 38.3 Å². The van der Waals surface area contributed by atoms with Crippen molar-refractivity contribution in [1.29, 1.82) is 0 Å². The molecule has 1 aromatic heterocycles. The van der Waals surface area contributed by atoms with E-state index in [2.05, 4.69) is 4.98 Å². The van der Waals surface area contributed by atoms with Crippen molar-refractivity contribution >= 4 is 32.2 Å². The molecule has 72 valence electrons. The van der Waals surface area contributed by atoms with Gasteiger partial charge in [0.1, 0.15) is 0 Å². The Kier molecular flexibility index (Phi) is 4.03. The van der Waals surface area contributed by atoms with Crippen LogP contribution in [0.15, 0.2) is 3.90 Å². The van der Waals surface area contributed by atoms with Gasteiger partial charge in [0, 0.05) is 0 Å². The van der Waals surface area contributed by atoms with E-state index in [-0.39, 0.29) is 20.5 Å². The number of nitrogens with zero attached hydrogens (tertiary/aromatic N) is 1. The molecule has 1 heterocycles. The fourth-order valence-electron chi connectivity index (χ4n) is 0.848. The summed E-state index contributed by atoms with van der Waals surface area (Å²) >= 11 is 1.84. The summed E-state index contributed by atoms with van der Waals surface area (Å²) in [5, 5.41) is 0. The van der Waals surface area contributed by atoms with Gasteiger partial charge in [0.2, 0.25) is 0 Å². The summed E-state index contributed by atoms with van der Waals surface area (Å²) in [7, 11) is 0. The topological polar surface area (TPSA) is 39.2 Å². The van der Waals surface area contributed by atoms with Crippen molar-refractivity contribution in [2.24, 2.45) is 0 Å². The van der Waals surface area contributed by atoms with Crippen LogP contribution in [0.3, 0.4) is 0 Å². The Balaban J connectivity index is 2.87. The molecule has 13 heavy (non-hydrogen) atoms. The zero-order chi connectivity index (χ0) is 9.84. The molecule has 0 saturated carbocycles. The molecule has 0 aliphatic heterocycles. The fraction of sp³-hybridized carbons (Fsp3) is 0.500. The van der Waals surface area contributed by atoms with E-state index in [4.69, 9.17) is 4.74 Å². The van der Waals surface area contributed by atoms with Crippen molar-refractivity contribution in [2.75, 3.05) is 12.9 Å². The average Bonchev–Trinajstić information content (AvgIpc) is 2.47. The van der Waals surface area contributed by atoms with Gasteiger partial charge in [-0.1, -0.05) is 0 Å². The minimum atomic E-state index is -0.286. The zero-order valence-corrected chi connectivity index (χ0v) is 10.3. The van der Waals surface area contributed by atoms with Gasteiger partial charge >= 0.3 is 87.5 Å². The normalized spacial score (nSPS) is 10.1. The molecule has 1 rings (SSSR count). The Hall–Kier alpha value is -0.251. The Labute approximate surface area is 87.6 Å². The first-order chi connectivity index (χ1) is 6.19. The predicted molar refractivity (Wildman–Crippen MR) is 53.7 cm³/mol. The van der Waals surface area contributed by atoms with Crippen molar-refractivity contribution in [3.8, 4) is 0 Å². The monoisotopic (exact) mass is 265 g/mol. The Bertz CT molecular complexity index is 311. The van der Waals surface area contributed by atoms with Gasteiger partial charge in [-0.25, -0.2) is 0 Å². The summed E-state index contributed by atoms with van der Waals surface area (Å²) < 4.78 is 7.00. The molecule has 0 amide bonds. The summed E-state index contributed by atoms with van der Waals surface area (Å²) in [4.78, 5) is 15.5. The Morgan fingerprint density at radius 1 is 1.69 bits per heavy atom. The first-order valence-corrected chi connectivity index (χ1v) is 6.81. The number of thioether (sulfide) groups is 1. The van der Waals surface area contributed by atoms with Gasteiger partial charge in [-0.3, -0.25) is 0 Å². The second-order valence-corrected chi connectivity index (χ2v) is 6.21. The van der Waals surface area contributed by atoms with Crippen molar-refractivity contribution in [3.05, 3.63) is 10.1 Å². The van der Waals surface area contributed by atoms with Crippen LogP contribution in [-0.2, 0) is 4.74 Å². The van der Waals surface area contributed by atoms with Crippen molar-refractivity contribution in [1.82, 2.24) is 4.98 Å². The van der Waals surface area contributed by atoms with Gasteiger partial charge in [0.25, 0.3) is 0 Å². The molecule has 0 unspecified atom stereocenters. The van der Waals surface area contributed by atoms with Gasteiger partial charge in [0.15, 0.2) is 0 Å². The molecule has 0 N–H and O–H groups in total. The third-order valence-corrected chi connectivity index (χ3v) is 4.95. The number of aromatic nitrogens is 1. The van der Waals surface area contributed by atoms with Crippen LogP contribution in [0.25, 0.3) is 0 Å². The van der Waals surface area contributed by atoms with Crippen LogP contribution in [0.5, 0.6) is 0 Å². The van der Waals surface area contributed by atoms with Crippen molar-refractivity contribution in [2.45, 2.75) is 17.7 Å². The van der Waals surface area contributed by atoms with Crippen LogP contribution in [0.4, 0.5) is 0 Å². The number of hydrogen-bond donors (Lipinski definition) is 0. The molecule has 5 heteroatoms. The van der Waals surface area contributed by atoms with E-state index in [0.29, 0.717) is 12.3 Å². The molecule has 0 aliphatic rings. The van der Waals surface area contributed by atoms with Gasteiger partial charge in [-0.05, 0) is 0 Å². The Morgan fingerprint density at radius 3 is 2.85 bits per heavy atom. The van der Waals surface area contributed by atoms with E-state index < -0.39 is 0 Å². The maximum atomic E-state index is 11.3. The minimum absolute atomic E-state index is 0.238. The molecule has 0 aromatic carbocycles. The summed E-state index contributed by atoms with van der Waals surface area (Å²) in [6.07, 6.45) is 1.97. The number of carbonyl (C=O) groups is 1. The summed E-state index contributed by atoms with van der Waals surface area (Å²) in [6, 6.07) is 0. The second kappa shape index (κ2) is 4.84. The molecule has 0 bridgehead atoms. The van der Waals surface area contributed by atoms with E-state index >= 15 is 0 Å². The van der Waals surface area contributed by atoms with Crippen LogP contribution in [0, 0.1) is 6.92 Å². The third-order valence-electron chi connectivity index (χ3n) is 1.42. The van der Waals surface area contributed by atoms with Crippen LogP contribution >= 0.6 is 11.8 Å². The molecule has 0 aliphatic carbocycles. The molecule has 0 fully saturated rings. The number of esters is 1. The fourth-order valence-corrected chi connectivity index (χ4v) is 3.60. The third kappa shape index (κ3) is 2.59. The molecule has 3 nitrogen and oxygen atoms in total. The number of carbonyl (C=O) groups excluding carboxylic acids is 1. The van der Waals surface area contributed by atoms with E-state index in [1.165, 1.54) is 0 Å². The van der Waals surface area contributed by atoms with Gasteiger partial charge in [-0.2, -0.15) is 0 Å². The molecular formula is C8H11NO2SSe. The predicted octanol–water partition coefficient (Wildman–Crippen LogP) is 1.35.